The zero-order valence-electron chi connectivity index (χ0n) is 52.3. The van der Waals surface area contributed by atoms with E-state index >= 15 is 9.13 Å². The highest BCUT2D eigenvalue weighted by Crippen LogP contribution is 2.68. The first-order valence-electron chi connectivity index (χ1n) is 30.5. The van der Waals surface area contributed by atoms with Crippen molar-refractivity contribution in [2.24, 2.45) is 0 Å². The Balaban J connectivity index is 0.855. The number of fused-ring (bicyclic) bond motifs is 2. The number of ether oxygens (including phenoxy) is 6. The van der Waals surface area contributed by atoms with Crippen molar-refractivity contribution in [2.75, 3.05) is 45.5 Å². The van der Waals surface area contributed by atoms with E-state index in [-0.39, 0.29) is 54.4 Å². The molecule has 3 aliphatic heterocycles. The number of anilines is 2. The number of hydrogen-bond acceptors (Lipinski definition) is 26. The number of imidazole rings is 2. The lowest BCUT2D eigenvalue weighted by Gasteiger charge is -2.37. The van der Waals surface area contributed by atoms with Gasteiger partial charge in [0, 0.05) is 45.4 Å². The molecule has 5 aromatic heterocycles. The van der Waals surface area contributed by atoms with Crippen molar-refractivity contribution < 1.29 is 69.6 Å². The van der Waals surface area contributed by atoms with E-state index in [4.69, 9.17) is 62.5 Å². The van der Waals surface area contributed by atoms with Crippen molar-refractivity contribution in [2.45, 2.75) is 96.9 Å². The van der Waals surface area contributed by atoms with Gasteiger partial charge in [-0.05, 0) is 94.9 Å². The summed E-state index contributed by atoms with van der Waals surface area (Å²) in [5.74, 6) is 1.13. The topological polar surface area (TPSA) is 387 Å². The van der Waals surface area contributed by atoms with Crippen molar-refractivity contribution in [3.05, 3.63) is 218 Å². The van der Waals surface area contributed by atoms with Crippen molar-refractivity contribution in [3.8, 4) is 11.5 Å². The molecule has 3 fully saturated rings. The molecule has 3 aliphatic rings. The molecule has 0 aliphatic carbocycles. The highest BCUT2D eigenvalue weighted by Gasteiger charge is 2.50. The number of nitrogens with two attached hydrogens (primary N) is 2. The van der Waals surface area contributed by atoms with Gasteiger partial charge in [0.25, 0.3) is 11.1 Å². The van der Waals surface area contributed by atoms with Crippen LogP contribution >= 0.6 is 44.6 Å². The maximum absolute atomic E-state index is 16.4. The van der Waals surface area contributed by atoms with Gasteiger partial charge in [-0.15, -0.1) is 9.42 Å². The van der Waals surface area contributed by atoms with E-state index < -0.39 is 113 Å². The molecule has 0 radical (unpaired) electrons. The monoisotopic (exact) mass is 1430 g/mol. The molecule has 10 aromatic rings. The summed E-state index contributed by atoms with van der Waals surface area (Å²) in [5.41, 5.74) is 11.9. The summed E-state index contributed by atoms with van der Waals surface area (Å²) >= 11 is 1.53. The molecule has 0 saturated carbocycles. The summed E-state index contributed by atoms with van der Waals surface area (Å²) in [6.45, 7) is -9.17. The number of methoxy groups -OCH3 is 2. The van der Waals surface area contributed by atoms with Crippen LogP contribution in [-0.2, 0) is 60.9 Å². The standard InChI is InChI=1S/C63H63N12O18P3S2/c1-37-30-73(62(78)72-59(37)76)51-27-45(91-94(79)80)49(89-51)32-86-95(81,97-43-15-9-5-10-16-43)93-47-29-53(75-36-69-55-58(75)70-61(65)71-60(55)77)90-50(47)33-87-96(82,98-44-17-11-6-12-18-44)92-46-28-52(74-35-68-54-56(64)66-34-67-57(54)74)88-48(46)31-85-63(38-13-7-4-8-14-38,39-19-23-41(83-2)24-20-39)40-21-25-42(84-3)26-22-40/h4-26,30,34-36,45-53H,27-29,31-33H2,1-3H3,(H6-,64,65,66,67,70,71,72,76,77,78,79,80)/p+1/t45-,46-,47-,48-,49-,50-,51-,52-,53-,95?,96?/m1/s1. The van der Waals surface area contributed by atoms with Crippen molar-refractivity contribution in [3.63, 3.8) is 0 Å². The molecule has 510 valence electrons. The number of nitrogen functional groups attached to an aromatic ring is 2. The van der Waals surface area contributed by atoms with Crippen molar-refractivity contribution >= 4 is 78.7 Å². The van der Waals surface area contributed by atoms with Gasteiger partial charge < -0.3 is 39.9 Å². The Hall–Kier alpha value is -8.26. The molecular weight excluding hydrogens is 1370 g/mol. The van der Waals surface area contributed by atoms with Crippen LogP contribution in [0.4, 0.5) is 11.8 Å². The maximum atomic E-state index is 16.4. The Morgan fingerprint density at radius 3 is 1.62 bits per heavy atom. The van der Waals surface area contributed by atoms with Crippen LogP contribution in [0.25, 0.3) is 22.3 Å². The fourth-order valence-electron chi connectivity index (χ4n) is 11.9. The van der Waals surface area contributed by atoms with Gasteiger partial charge in [-0.3, -0.25) is 51.4 Å². The van der Waals surface area contributed by atoms with E-state index in [2.05, 4.69) is 34.9 Å². The van der Waals surface area contributed by atoms with Gasteiger partial charge in [0.1, 0.15) is 84.3 Å². The molecule has 30 nitrogen and oxygen atoms in total. The molecule has 0 spiro atoms. The number of hydrogen-bond donors (Lipinski definition) is 5. The minimum Gasteiger partial charge on any atom is -0.497 e. The van der Waals surface area contributed by atoms with Crippen LogP contribution in [0.3, 0.4) is 0 Å². The predicted molar refractivity (Wildman–Crippen MR) is 358 cm³/mol. The van der Waals surface area contributed by atoms with Crippen LogP contribution in [0, 0.1) is 6.92 Å². The van der Waals surface area contributed by atoms with Gasteiger partial charge in [0.2, 0.25) is 5.95 Å². The average molecular weight is 1430 g/mol. The summed E-state index contributed by atoms with van der Waals surface area (Å²) in [7, 11) is -0.0888. The van der Waals surface area contributed by atoms with Gasteiger partial charge >= 0.3 is 27.5 Å². The highest BCUT2D eigenvalue weighted by molar-refractivity contribution is 8.55. The molecular formula is C63H64N12O18P3S2+. The summed E-state index contributed by atoms with van der Waals surface area (Å²) < 4.78 is 119. The number of nitrogens with zero attached hydrogens (tertiary/aromatic N) is 8. The van der Waals surface area contributed by atoms with Crippen LogP contribution in [0.15, 0.2) is 189 Å². The zero-order chi connectivity index (χ0) is 68.3. The van der Waals surface area contributed by atoms with Crippen LogP contribution in [0.1, 0.15) is 60.2 Å². The number of aryl methyl sites for hydroxylation is 1. The number of rotatable bonds is 27. The van der Waals surface area contributed by atoms with Gasteiger partial charge in [0.05, 0.1) is 46.7 Å². The molecule has 7 N–H and O–H groups in total. The van der Waals surface area contributed by atoms with E-state index in [1.807, 2.05) is 78.9 Å². The lowest BCUT2D eigenvalue weighted by atomic mass is 9.80. The van der Waals surface area contributed by atoms with Gasteiger partial charge in [0.15, 0.2) is 22.6 Å². The van der Waals surface area contributed by atoms with Crippen LogP contribution in [-0.4, -0.2) is 124 Å². The summed E-state index contributed by atoms with van der Waals surface area (Å²) in [4.78, 5) is 76.1. The Morgan fingerprint density at radius 1 is 0.602 bits per heavy atom. The minimum absolute atomic E-state index is 0.0107. The molecule has 0 amide bonds. The lowest BCUT2D eigenvalue weighted by Crippen LogP contribution is -2.38. The molecule has 35 heteroatoms. The molecule has 5 aromatic carbocycles. The minimum atomic E-state index is -4.62. The predicted octanol–water partition coefficient (Wildman–Crippen LogP) is 9.51. The third kappa shape index (κ3) is 14.7. The normalized spacial score (nSPS) is 22.4. The summed E-state index contributed by atoms with van der Waals surface area (Å²) in [6.07, 6.45) is -5.32. The lowest BCUT2D eigenvalue weighted by molar-refractivity contribution is -0.0914. The average Bonchev–Trinajstić information content (AvgIpc) is 1.08. The third-order valence-electron chi connectivity index (χ3n) is 16.6. The summed E-state index contributed by atoms with van der Waals surface area (Å²) in [5, 5.41) is 0. The van der Waals surface area contributed by atoms with E-state index in [1.165, 1.54) is 36.7 Å². The first kappa shape index (κ1) is 68.3. The van der Waals surface area contributed by atoms with Gasteiger partial charge in [-0.25, -0.2) is 33.9 Å². The maximum Gasteiger partial charge on any atom is 0.695 e. The second-order valence-electron chi connectivity index (χ2n) is 22.7. The largest absolute Gasteiger partial charge is 0.695 e. The van der Waals surface area contributed by atoms with E-state index in [0.717, 1.165) is 44.0 Å². The van der Waals surface area contributed by atoms with Gasteiger partial charge in [-0.2, -0.15) is 4.98 Å². The van der Waals surface area contributed by atoms with Gasteiger partial charge in [-0.1, -0.05) is 91.0 Å². The quantitative estimate of drug-likeness (QED) is 0.0236. The Morgan fingerprint density at radius 2 is 1.08 bits per heavy atom. The smallest absolute Gasteiger partial charge is 0.497 e. The number of nitrogens with one attached hydrogen (secondary N) is 2. The number of H-pyrrole nitrogens is 2. The van der Waals surface area contributed by atoms with Crippen LogP contribution in [0.2, 0.25) is 0 Å². The second kappa shape index (κ2) is 29.3. The number of aromatic amines is 2. The number of aromatic nitrogens is 10. The SMILES string of the molecule is COc1ccc(C(OC[C@H]2O[C@@H](n3cnc4c(N)ncnc43)C[C@H]2OP(=O)(OC[C@H]2O[C@@H](n3cnc4c(=O)[nH]c(N)nc43)C[C@H]2OP(=O)(OC[C@H]2O[C@@H](n3cc(C)c(=O)[nH]c3=O)C[C@H]2O[P+](=O)O)Sc2ccccc2)Sc2ccccc2)(c2ccccc2)c2ccc(OC)cc2)cc1. The molecule has 12 atom stereocenters. The van der Waals surface area contributed by atoms with E-state index in [9.17, 15) is 23.8 Å². The molecule has 13 rings (SSSR count). The molecule has 8 heterocycles. The van der Waals surface area contributed by atoms with Crippen molar-refractivity contribution in [1.82, 2.24) is 48.6 Å². The molecule has 98 heavy (non-hydrogen) atoms. The zero-order valence-corrected chi connectivity index (χ0v) is 56.6. The fourth-order valence-corrected chi connectivity index (χ4v) is 19.4. The summed E-state index contributed by atoms with van der Waals surface area (Å²) in [6, 6.07) is 41.9. The van der Waals surface area contributed by atoms with Crippen LogP contribution in [0.5, 0.6) is 11.5 Å². The Labute approximate surface area is 566 Å². The van der Waals surface area contributed by atoms with E-state index in [0.29, 0.717) is 32.5 Å². The van der Waals surface area contributed by atoms with Crippen LogP contribution < -0.4 is 37.7 Å². The molecule has 3 unspecified atom stereocenters. The number of benzene rings is 5. The Kier molecular flexibility index (Phi) is 20.4. The third-order valence-corrected chi connectivity index (χ3v) is 24.2. The second-order valence-corrected chi connectivity index (χ2v) is 31.2. The Bertz CT molecular complexity index is 4730. The first-order valence-corrected chi connectivity index (χ1v) is 37.5. The highest BCUT2D eigenvalue weighted by atomic mass is 32.7. The molecule has 3 saturated heterocycles. The van der Waals surface area contributed by atoms with Crippen molar-refractivity contribution in [1.29, 1.82) is 0 Å². The first-order chi connectivity index (χ1) is 47.4. The van der Waals surface area contributed by atoms with E-state index in [1.54, 1.807) is 79.5 Å². The molecule has 0 bridgehead atoms. The fraction of sp³-hybridized carbons (Fsp3) is 0.302.